The zero-order valence-corrected chi connectivity index (χ0v) is 21.7. The van der Waals surface area contributed by atoms with Crippen molar-refractivity contribution in [2.24, 2.45) is 5.92 Å². The Balaban J connectivity index is 3.33. The smallest absolute Gasteiger partial charge is 0.0351 e. The number of rotatable bonds is 25. The van der Waals surface area contributed by atoms with Crippen molar-refractivity contribution < 1.29 is 0 Å². The molecule has 180 valence electrons. The van der Waals surface area contributed by atoms with Crippen LogP contribution < -0.4 is 0 Å². The maximum absolute atomic E-state index is 2.46. The van der Waals surface area contributed by atoms with Gasteiger partial charge in [-0.15, -0.1) is 0 Å². The lowest BCUT2D eigenvalue weighted by Crippen LogP contribution is -1.98. The third-order valence-electron chi connectivity index (χ3n) is 6.92. The quantitative estimate of drug-likeness (QED) is 0.102. The van der Waals surface area contributed by atoms with Crippen LogP contribution in [0, 0.1) is 5.92 Å². The van der Waals surface area contributed by atoms with Crippen molar-refractivity contribution in [1.82, 2.24) is 0 Å². The van der Waals surface area contributed by atoms with Crippen molar-refractivity contribution in [3.8, 4) is 0 Å². The van der Waals surface area contributed by atoms with Crippen molar-refractivity contribution in [2.45, 2.75) is 175 Å². The summed E-state index contributed by atoms with van der Waals surface area (Å²) in [6, 6.07) is 0. The van der Waals surface area contributed by atoms with Crippen LogP contribution in [-0.2, 0) is 0 Å². The standard InChI is InChI=1S/C30H60/c1-4-7-9-11-13-15-17-18-19-21-23-25-27-29-30(6-3)28-26-24-22-20-16-14-12-10-8-5-2/h20,22,30H,4-19,21,23-29H2,1-3H3/b22-20+. The van der Waals surface area contributed by atoms with E-state index in [1.54, 1.807) is 0 Å². The van der Waals surface area contributed by atoms with Gasteiger partial charge in [0, 0.05) is 0 Å². The molecule has 0 aliphatic heterocycles. The van der Waals surface area contributed by atoms with E-state index in [4.69, 9.17) is 0 Å². The van der Waals surface area contributed by atoms with Crippen LogP contribution in [0.1, 0.15) is 175 Å². The largest absolute Gasteiger partial charge is 0.0885 e. The van der Waals surface area contributed by atoms with Crippen LogP contribution in [0.5, 0.6) is 0 Å². The van der Waals surface area contributed by atoms with Crippen LogP contribution in [0.4, 0.5) is 0 Å². The van der Waals surface area contributed by atoms with Gasteiger partial charge < -0.3 is 0 Å². The number of allylic oxidation sites excluding steroid dienone is 2. The van der Waals surface area contributed by atoms with Crippen LogP contribution in [-0.4, -0.2) is 0 Å². The third kappa shape index (κ3) is 24.0. The first kappa shape index (κ1) is 29.7. The topological polar surface area (TPSA) is 0 Å². The Morgan fingerprint density at radius 3 is 1.23 bits per heavy atom. The van der Waals surface area contributed by atoms with Gasteiger partial charge >= 0.3 is 0 Å². The summed E-state index contributed by atoms with van der Waals surface area (Å²) in [5.74, 6) is 0.986. The molecule has 0 amide bonds. The molecule has 0 saturated heterocycles. The zero-order chi connectivity index (χ0) is 22.0. The van der Waals surface area contributed by atoms with Crippen molar-refractivity contribution in [2.75, 3.05) is 0 Å². The molecule has 0 aliphatic rings. The highest BCUT2D eigenvalue weighted by Gasteiger charge is 2.05. The fourth-order valence-electron chi connectivity index (χ4n) is 4.63. The summed E-state index contributed by atoms with van der Waals surface area (Å²) < 4.78 is 0. The fourth-order valence-corrected chi connectivity index (χ4v) is 4.63. The molecular formula is C30H60. The van der Waals surface area contributed by atoms with E-state index < -0.39 is 0 Å². The van der Waals surface area contributed by atoms with E-state index in [0.29, 0.717) is 0 Å². The first-order chi connectivity index (χ1) is 14.8. The van der Waals surface area contributed by atoms with Gasteiger partial charge in [-0.3, -0.25) is 0 Å². The molecule has 0 nitrogen and oxygen atoms in total. The van der Waals surface area contributed by atoms with Gasteiger partial charge in [-0.25, -0.2) is 0 Å². The van der Waals surface area contributed by atoms with E-state index in [2.05, 4.69) is 32.9 Å². The molecule has 0 aliphatic carbocycles. The average Bonchev–Trinajstić information content (AvgIpc) is 2.76. The molecule has 0 bridgehead atoms. The molecule has 0 N–H and O–H groups in total. The molecular weight excluding hydrogens is 360 g/mol. The Bertz CT molecular complexity index is 316. The Morgan fingerprint density at radius 1 is 0.400 bits per heavy atom. The van der Waals surface area contributed by atoms with Gasteiger partial charge in [-0.05, 0) is 31.6 Å². The summed E-state index contributed by atoms with van der Waals surface area (Å²) in [5, 5.41) is 0. The van der Waals surface area contributed by atoms with E-state index >= 15 is 0 Å². The highest BCUT2D eigenvalue weighted by molar-refractivity contribution is 4.81. The summed E-state index contributed by atoms with van der Waals surface area (Å²) in [6.07, 6.45) is 39.3. The van der Waals surface area contributed by atoms with Gasteiger partial charge in [0.05, 0.1) is 0 Å². The van der Waals surface area contributed by atoms with Gasteiger partial charge in [0.25, 0.3) is 0 Å². The van der Waals surface area contributed by atoms with E-state index in [1.807, 2.05) is 0 Å². The van der Waals surface area contributed by atoms with Gasteiger partial charge in [-0.2, -0.15) is 0 Å². The lowest BCUT2D eigenvalue weighted by Gasteiger charge is -2.14. The summed E-state index contributed by atoms with van der Waals surface area (Å²) in [7, 11) is 0. The van der Waals surface area contributed by atoms with Gasteiger partial charge in [0.1, 0.15) is 0 Å². The maximum atomic E-state index is 2.46. The minimum Gasteiger partial charge on any atom is -0.0885 e. The Labute approximate surface area is 193 Å². The fraction of sp³-hybridized carbons (Fsp3) is 0.933. The molecule has 0 saturated carbocycles. The van der Waals surface area contributed by atoms with Crippen molar-refractivity contribution in [3.63, 3.8) is 0 Å². The highest BCUT2D eigenvalue weighted by Crippen LogP contribution is 2.21. The minimum absolute atomic E-state index is 0.986. The predicted molar refractivity (Wildman–Crippen MR) is 140 cm³/mol. The Kier molecular flexibility index (Phi) is 26.5. The molecule has 0 rings (SSSR count). The molecule has 0 aromatic rings. The second-order valence-electron chi connectivity index (χ2n) is 9.91. The van der Waals surface area contributed by atoms with E-state index in [0.717, 1.165) is 5.92 Å². The van der Waals surface area contributed by atoms with Crippen molar-refractivity contribution in [3.05, 3.63) is 12.2 Å². The van der Waals surface area contributed by atoms with Crippen LogP contribution >= 0.6 is 0 Å². The first-order valence-electron chi connectivity index (χ1n) is 14.5. The SMILES string of the molecule is CCCCCCC/C=C/CCCC(CC)CCCCCCCCCCCCCCC. The normalized spacial score (nSPS) is 12.8. The predicted octanol–water partition coefficient (Wildman–Crippen LogP) is 11.6. The molecule has 30 heavy (non-hydrogen) atoms. The molecule has 0 heteroatoms. The second kappa shape index (κ2) is 26.8. The first-order valence-corrected chi connectivity index (χ1v) is 14.5. The lowest BCUT2D eigenvalue weighted by molar-refractivity contribution is 0.402. The number of unbranched alkanes of at least 4 members (excludes halogenated alkanes) is 18. The van der Waals surface area contributed by atoms with Gasteiger partial charge in [0.15, 0.2) is 0 Å². The summed E-state index contributed by atoms with van der Waals surface area (Å²) >= 11 is 0. The summed E-state index contributed by atoms with van der Waals surface area (Å²) in [4.78, 5) is 0. The van der Waals surface area contributed by atoms with Crippen molar-refractivity contribution in [1.29, 1.82) is 0 Å². The van der Waals surface area contributed by atoms with Crippen LogP contribution in [0.3, 0.4) is 0 Å². The molecule has 0 aromatic heterocycles. The van der Waals surface area contributed by atoms with Crippen LogP contribution in [0.2, 0.25) is 0 Å². The number of hydrogen-bond acceptors (Lipinski definition) is 0. The second-order valence-corrected chi connectivity index (χ2v) is 9.91. The molecule has 0 spiro atoms. The lowest BCUT2D eigenvalue weighted by atomic mass is 9.92. The monoisotopic (exact) mass is 420 g/mol. The molecule has 1 unspecified atom stereocenters. The van der Waals surface area contributed by atoms with E-state index in [-0.39, 0.29) is 0 Å². The van der Waals surface area contributed by atoms with Gasteiger partial charge in [0.2, 0.25) is 0 Å². The number of hydrogen-bond donors (Lipinski definition) is 0. The van der Waals surface area contributed by atoms with Crippen molar-refractivity contribution >= 4 is 0 Å². The molecule has 0 aromatic carbocycles. The van der Waals surface area contributed by atoms with Crippen LogP contribution in [0.25, 0.3) is 0 Å². The summed E-state index contributed by atoms with van der Waals surface area (Å²) in [6.45, 7) is 7.00. The zero-order valence-electron chi connectivity index (χ0n) is 21.7. The molecule has 0 heterocycles. The average molecular weight is 421 g/mol. The van der Waals surface area contributed by atoms with Crippen LogP contribution in [0.15, 0.2) is 12.2 Å². The summed E-state index contributed by atoms with van der Waals surface area (Å²) in [5.41, 5.74) is 0. The molecule has 1 atom stereocenters. The van der Waals surface area contributed by atoms with Gasteiger partial charge in [-0.1, -0.05) is 161 Å². The molecule has 0 fully saturated rings. The maximum Gasteiger partial charge on any atom is -0.0351 e. The Morgan fingerprint density at radius 2 is 0.767 bits per heavy atom. The Hall–Kier alpha value is -0.260. The highest BCUT2D eigenvalue weighted by atomic mass is 14.1. The molecule has 0 radical (unpaired) electrons. The third-order valence-corrected chi connectivity index (χ3v) is 6.92. The minimum atomic E-state index is 0.986. The van der Waals surface area contributed by atoms with E-state index in [9.17, 15) is 0 Å². The van der Waals surface area contributed by atoms with E-state index in [1.165, 1.54) is 154 Å².